The predicted molar refractivity (Wildman–Crippen MR) is 27.1 cm³/mol. The smallest absolute Gasteiger partial charge is 0.199 e. The van der Waals surface area contributed by atoms with Crippen molar-refractivity contribution < 1.29 is 35.1 Å². The van der Waals surface area contributed by atoms with Gasteiger partial charge in [0.1, 0.15) is 0 Å². The van der Waals surface area contributed by atoms with E-state index in [1.165, 1.54) is 0 Å². The second-order valence-electron chi connectivity index (χ2n) is 1.65. The van der Waals surface area contributed by atoms with Crippen LogP contribution in [0.1, 0.15) is 0 Å². The predicted octanol–water partition coefficient (Wildman–Crippen LogP) is 2.88. The van der Waals surface area contributed by atoms with Crippen LogP contribution in [0.4, 0.5) is 35.1 Å². The Balaban J connectivity index is 0. The van der Waals surface area contributed by atoms with Crippen molar-refractivity contribution in [1.29, 1.82) is 0 Å². The maximum Gasteiger partial charge on any atom is 0.460 e. The second kappa shape index (κ2) is 4.33. The molecule has 0 nitrogen and oxygen atoms in total. The van der Waals surface area contributed by atoms with Crippen LogP contribution in [-0.2, 0) is 0 Å². The van der Waals surface area contributed by atoms with E-state index >= 15 is 0 Å². The maximum atomic E-state index is 11.5. The van der Waals surface area contributed by atoms with Crippen LogP contribution in [0.15, 0.2) is 11.9 Å². The van der Waals surface area contributed by atoms with Crippen LogP contribution in [-0.4, -0.2) is 31.0 Å². The maximum absolute atomic E-state index is 11.5. The van der Waals surface area contributed by atoms with Gasteiger partial charge in [-0.15, -0.1) is 0 Å². The molecule has 0 aromatic rings. The van der Waals surface area contributed by atoms with Crippen molar-refractivity contribution in [3.63, 3.8) is 0 Å². The number of halogens is 8. The molecule has 0 N–H and O–H groups in total. The summed E-state index contributed by atoms with van der Waals surface area (Å²) >= 11 is 0. The Morgan fingerprint density at radius 3 is 1.15 bits per heavy atom. The van der Waals surface area contributed by atoms with E-state index in [2.05, 4.69) is 0 Å². The Morgan fingerprint density at radius 2 is 1.08 bits per heavy atom. The molecule has 0 unspecified atom stereocenters. The average molecular weight is 207 g/mol. The summed E-state index contributed by atoms with van der Waals surface area (Å²) in [5.41, 5.74) is 0. The van der Waals surface area contributed by atoms with E-state index in [0.717, 1.165) is 0 Å². The molecule has 0 amide bonds. The Labute approximate surface area is 78.8 Å². The summed E-state index contributed by atoms with van der Waals surface area (Å²) in [7, 11) is 0. The SMILES string of the molecule is FC(F)=C(F)C(F)(F)C(F)(F)F.[Li]. The second-order valence-corrected chi connectivity index (χ2v) is 1.65. The average Bonchev–Trinajstić information content (AvgIpc) is 1.83. The summed E-state index contributed by atoms with van der Waals surface area (Å²) in [5.74, 6) is -9.89. The molecule has 1 radical (unpaired) electrons. The number of allylic oxidation sites excluding steroid dienone is 1. The first kappa shape index (κ1) is 15.3. The van der Waals surface area contributed by atoms with Crippen molar-refractivity contribution in [2.75, 3.05) is 0 Å². The van der Waals surface area contributed by atoms with Gasteiger partial charge in [0.05, 0.1) is 0 Å². The Morgan fingerprint density at radius 1 is 0.769 bits per heavy atom. The van der Waals surface area contributed by atoms with Crippen LogP contribution in [0, 0.1) is 0 Å². The minimum Gasteiger partial charge on any atom is -0.199 e. The molecule has 73 valence electrons. The Bertz CT molecular complexity index is 199. The molecule has 0 bridgehead atoms. The fourth-order valence-electron chi connectivity index (χ4n) is 0.243. The summed E-state index contributed by atoms with van der Waals surface area (Å²) in [6.45, 7) is 0. The molecule has 0 spiro atoms. The Hall–Kier alpha value is -0.223. The minimum absolute atomic E-state index is 0. The van der Waals surface area contributed by atoms with Crippen molar-refractivity contribution in [1.82, 2.24) is 0 Å². The van der Waals surface area contributed by atoms with Crippen molar-refractivity contribution in [2.45, 2.75) is 12.1 Å². The van der Waals surface area contributed by atoms with Crippen LogP contribution in [0.5, 0.6) is 0 Å². The monoisotopic (exact) mass is 207 g/mol. The molecular weight excluding hydrogens is 207 g/mol. The number of hydrogen-bond acceptors (Lipinski definition) is 0. The summed E-state index contributed by atoms with van der Waals surface area (Å²) in [6.07, 6.45) is -10.0. The van der Waals surface area contributed by atoms with Crippen LogP contribution in [0.3, 0.4) is 0 Å². The quantitative estimate of drug-likeness (QED) is 0.458. The zero-order chi connectivity index (χ0) is 10.2. The van der Waals surface area contributed by atoms with E-state index in [4.69, 9.17) is 0 Å². The summed E-state index contributed by atoms with van der Waals surface area (Å²) in [4.78, 5) is 0. The van der Waals surface area contributed by atoms with Crippen LogP contribution in [0.2, 0.25) is 0 Å². The minimum atomic E-state index is -6.35. The summed E-state index contributed by atoms with van der Waals surface area (Å²) in [6, 6.07) is 0. The standard InChI is InChI=1S/C4F8.Li/c5-1(2(6)7)3(8,9)4(10,11)12;. The molecule has 0 aliphatic rings. The van der Waals surface area contributed by atoms with E-state index in [-0.39, 0.29) is 18.9 Å². The van der Waals surface area contributed by atoms with Gasteiger partial charge in [-0.3, -0.25) is 0 Å². The molecule has 0 aromatic heterocycles. The van der Waals surface area contributed by atoms with Crippen molar-refractivity contribution in [3.8, 4) is 0 Å². The molecule has 0 fully saturated rings. The third kappa shape index (κ3) is 3.19. The molecular formula is C4F8Li. The van der Waals surface area contributed by atoms with Gasteiger partial charge in [0, 0.05) is 18.9 Å². The zero-order valence-corrected chi connectivity index (χ0v) is 6.02. The molecule has 9 heteroatoms. The van der Waals surface area contributed by atoms with Gasteiger partial charge < -0.3 is 0 Å². The summed E-state index contributed by atoms with van der Waals surface area (Å²) in [5, 5.41) is 0. The fraction of sp³-hybridized carbons (Fsp3) is 0.500. The van der Waals surface area contributed by atoms with Crippen molar-refractivity contribution >= 4 is 18.9 Å². The Kier molecular flexibility index (Phi) is 5.08. The van der Waals surface area contributed by atoms with Gasteiger partial charge in [0.2, 0.25) is 5.83 Å². The molecule has 0 saturated heterocycles. The van der Waals surface area contributed by atoms with E-state index in [1.807, 2.05) is 0 Å². The van der Waals surface area contributed by atoms with Crippen LogP contribution >= 0.6 is 0 Å². The van der Waals surface area contributed by atoms with Gasteiger partial charge in [-0.1, -0.05) is 0 Å². The topological polar surface area (TPSA) is 0 Å². The van der Waals surface area contributed by atoms with Crippen LogP contribution in [0.25, 0.3) is 0 Å². The van der Waals surface area contributed by atoms with Gasteiger partial charge in [-0.2, -0.15) is 35.1 Å². The first-order valence-electron chi connectivity index (χ1n) is 2.26. The molecule has 0 rings (SSSR count). The third-order valence-electron chi connectivity index (χ3n) is 0.798. The van der Waals surface area contributed by atoms with Gasteiger partial charge in [-0.05, 0) is 0 Å². The molecule has 0 aliphatic carbocycles. The van der Waals surface area contributed by atoms with Gasteiger partial charge >= 0.3 is 18.2 Å². The van der Waals surface area contributed by atoms with Gasteiger partial charge in [-0.25, -0.2) is 0 Å². The first-order chi connectivity index (χ1) is 5.10. The number of hydrogen-bond donors (Lipinski definition) is 0. The van der Waals surface area contributed by atoms with E-state index < -0.39 is 24.0 Å². The summed E-state index contributed by atoms with van der Waals surface area (Å²) < 4.78 is 89.8. The van der Waals surface area contributed by atoms with Gasteiger partial charge in [0.25, 0.3) is 0 Å². The first-order valence-corrected chi connectivity index (χ1v) is 2.26. The molecule has 0 atom stereocenters. The van der Waals surface area contributed by atoms with E-state index in [0.29, 0.717) is 0 Å². The van der Waals surface area contributed by atoms with Crippen molar-refractivity contribution in [2.24, 2.45) is 0 Å². The zero-order valence-electron chi connectivity index (χ0n) is 6.02. The number of alkyl halides is 5. The third-order valence-corrected chi connectivity index (χ3v) is 0.798. The van der Waals surface area contributed by atoms with E-state index in [9.17, 15) is 35.1 Å². The molecule has 0 saturated carbocycles. The molecule has 0 aliphatic heterocycles. The molecule has 13 heavy (non-hydrogen) atoms. The van der Waals surface area contributed by atoms with Crippen molar-refractivity contribution in [3.05, 3.63) is 11.9 Å². The molecule has 0 heterocycles. The largest absolute Gasteiger partial charge is 0.460 e. The van der Waals surface area contributed by atoms with E-state index in [1.54, 1.807) is 0 Å². The molecule has 0 aromatic carbocycles. The fourth-order valence-corrected chi connectivity index (χ4v) is 0.243. The van der Waals surface area contributed by atoms with Crippen LogP contribution < -0.4 is 0 Å². The van der Waals surface area contributed by atoms with Gasteiger partial charge in [0.15, 0.2) is 0 Å². The normalized spacial score (nSPS) is 12.0. The number of rotatable bonds is 1.